The van der Waals surface area contributed by atoms with Gasteiger partial charge in [0, 0.05) is 13.0 Å². The summed E-state index contributed by atoms with van der Waals surface area (Å²) >= 11 is 0. The Balaban J connectivity index is 2.17. The number of unbranched alkanes of at least 4 members (excludes halogenated alkanes) is 3. The molecule has 1 rings (SSSR count). The van der Waals surface area contributed by atoms with Crippen molar-refractivity contribution in [3.63, 3.8) is 0 Å². The summed E-state index contributed by atoms with van der Waals surface area (Å²) in [4.78, 5) is 22.4. The van der Waals surface area contributed by atoms with Crippen LogP contribution in [0.1, 0.15) is 44.1 Å². The van der Waals surface area contributed by atoms with Gasteiger partial charge in [-0.15, -0.1) is 0 Å². The first-order valence-corrected chi connectivity index (χ1v) is 8.58. The Morgan fingerprint density at radius 3 is 2.76 bits per heavy atom. The van der Waals surface area contributed by atoms with E-state index in [1.54, 1.807) is 19.1 Å². The van der Waals surface area contributed by atoms with Crippen molar-refractivity contribution in [1.82, 2.24) is 5.32 Å². The lowest BCUT2D eigenvalue weighted by Crippen LogP contribution is -2.31. The number of aryl methyl sites for hydroxylation is 1. The molecule has 2 N–H and O–H groups in total. The van der Waals surface area contributed by atoms with Crippen LogP contribution < -0.4 is 5.32 Å². The fourth-order valence-corrected chi connectivity index (χ4v) is 2.08. The highest BCUT2D eigenvalue weighted by Crippen LogP contribution is 2.13. The van der Waals surface area contributed by atoms with E-state index in [0.717, 1.165) is 37.9 Å². The minimum Gasteiger partial charge on any atom is -0.465 e. The van der Waals surface area contributed by atoms with Gasteiger partial charge in [-0.3, -0.25) is 4.79 Å². The third-order valence-electron chi connectivity index (χ3n) is 3.29. The van der Waals surface area contributed by atoms with Gasteiger partial charge in [0.1, 0.15) is 24.7 Å². The molecule has 0 saturated heterocycles. The highest BCUT2D eigenvalue weighted by molar-refractivity contribution is 5.77. The number of nitrogens with one attached hydrogen (secondary N) is 1. The Morgan fingerprint density at radius 1 is 1.20 bits per heavy atom. The highest BCUT2D eigenvalue weighted by atomic mass is 16.6. The molecule has 7 nitrogen and oxygen atoms in total. The van der Waals surface area contributed by atoms with Gasteiger partial charge in [0.15, 0.2) is 0 Å². The van der Waals surface area contributed by atoms with E-state index < -0.39 is 12.1 Å². The summed E-state index contributed by atoms with van der Waals surface area (Å²) in [5.41, 5.74) is 0. The molecular weight excluding hydrogens is 326 g/mol. The van der Waals surface area contributed by atoms with Crippen molar-refractivity contribution >= 4 is 18.1 Å². The molecule has 0 aromatic carbocycles. The molecule has 0 aliphatic heterocycles. The Morgan fingerprint density at radius 2 is 2.00 bits per heavy atom. The number of furan rings is 1. The standard InChI is InChI=1S/C18H27NO6/c1-2-23-17(21)14-19-18(22)24-13-7-9-16-11-10-15(25-16)8-5-3-4-6-12-20/h7,9-11,20H,2-6,8,12-14H2,1H3,(H,19,22). The number of aliphatic hydroxyl groups excluding tert-OH is 1. The Labute approximate surface area is 148 Å². The number of hydrogen-bond donors (Lipinski definition) is 2. The minimum absolute atomic E-state index is 0.0752. The van der Waals surface area contributed by atoms with Crippen LogP contribution in [0.5, 0.6) is 0 Å². The van der Waals surface area contributed by atoms with Crippen LogP contribution in [0.4, 0.5) is 4.79 Å². The SMILES string of the molecule is CCOC(=O)CNC(=O)OCC=Cc1ccc(CCCCCCO)o1. The number of esters is 1. The smallest absolute Gasteiger partial charge is 0.407 e. The summed E-state index contributed by atoms with van der Waals surface area (Å²) in [5, 5.41) is 11.0. The highest BCUT2D eigenvalue weighted by Gasteiger charge is 2.05. The van der Waals surface area contributed by atoms with E-state index in [2.05, 4.69) is 10.1 Å². The fraction of sp³-hybridized carbons (Fsp3) is 0.556. The predicted octanol–water partition coefficient (Wildman–Crippen LogP) is 2.68. The molecule has 25 heavy (non-hydrogen) atoms. The van der Waals surface area contributed by atoms with Crippen LogP contribution in [0.25, 0.3) is 6.08 Å². The van der Waals surface area contributed by atoms with Gasteiger partial charge in [0.25, 0.3) is 0 Å². The molecular formula is C18H27NO6. The molecule has 0 atom stereocenters. The zero-order chi connectivity index (χ0) is 18.3. The molecule has 0 aliphatic rings. The number of carbonyl (C=O) groups excluding carboxylic acids is 2. The first-order chi connectivity index (χ1) is 12.2. The molecule has 1 aromatic heterocycles. The predicted molar refractivity (Wildman–Crippen MR) is 93.0 cm³/mol. The van der Waals surface area contributed by atoms with E-state index in [-0.39, 0.29) is 26.4 Å². The topological polar surface area (TPSA) is 98.0 Å². The fourth-order valence-electron chi connectivity index (χ4n) is 2.08. The molecule has 0 fully saturated rings. The number of alkyl carbamates (subject to hydrolysis) is 1. The van der Waals surface area contributed by atoms with E-state index >= 15 is 0 Å². The van der Waals surface area contributed by atoms with Gasteiger partial charge in [-0.1, -0.05) is 12.8 Å². The van der Waals surface area contributed by atoms with Gasteiger partial charge in [0.2, 0.25) is 0 Å². The second kappa shape index (κ2) is 13.1. The van der Waals surface area contributed by atoms with Crippen molar-refractivity contribution in [1.29, 1.82) is 0 Å². The Kier molecular flexibility index (Phi) is 10.8. The molecule has 1 amide bonds. The lowest BCUT2D eigenvalue weighted by molar-refractivity contribution is -0.141. The molecule has 0 unspecified atom stereocenters. The van der Waals surface area contributed by atoms with Crippen LogP contribution in [-0.2, 0) is 20.7 Å². The van der Waals surface area contributed by atoms with E-state index in [1.807, 2.05) is 12.1 Å². The summed E-state index contributed by atoms with van der Waals surface area (Å²) in [5.74, 6) is 1.10. The van der Waals surface area contributed by atoms with Crippen molar-refractivity contribution in [2.45, 2.75) is 39.0 Å². The number of amides is 1. The molecule has 0 spiro atoms. The van der Waals surface area contributed by atoms with Gasteiger partial charge < -0.3 is 24.3 Å². The molecule has 7 heteroatoms. The van der Waals surface area contributed by atoms with Crippen LogP contribution in [0.3, 0.4) is 0 Å². The first kappa shape index (κ1) is 20.8. The van der Waals surface area contributed by atoms with E-state index in [0.29, 0.717) is 5.76 Å². The van der Waals surface area contributed by atoms with Crippen LogP contribution in [0.2, 0.25) is 0 Å². The third-order valence-corrected chi connectivity index (χ3v) is 3.29. The summed E-state index contributed by atoms with van der Waals surface area (Å²) in [6, 6.07) is 3.79. The third kappa shape index (κ3) is 10.2. The van der Waals surface area contributed by atoms with E-state index in [4.69, 9.17) is 14.3 Å². The molecule has 140 valence electrons. The quantitative estimate of drug-likeness (QED) is 0.443. The van der Waals surface area contributed by atoms with Crippen molar-refractivity contribution in [2.24, 2.45) is 0 Å². The summed E-state index contributed by atoms with van der Waals surface area (Å²) < 4.78 is 15.2. The van der Waals surface area contributed by atoms with E-state index in [9.17, 15) is 9.59 Å². The number of hydrogen-bond acceptors (Lipinski definition) is 6. The van der Waals surface area contributed by atoms with Gasteiger partial charge in [-0.05, 0) is 44.1 Å². The second-order valence-corrected chi connectivity index (χ2v) is 5.35. The van der Waals surface area contributed by atoms with Crippen molar-refractivity contribution < 1.29 is 28.6 Å². The van der Waals surface area contributed by atoms with Crippen LogP contribution in [-0.4, -0.2) is 43.5 Å². The molecule has 1 aromatic rings. The van der Waals surface area contributed by atoms with Crippen molar-refractivity contribution in [3.8, 4) is 0 Å². The zero-order valence-corrected chi connectivity index (χ0v) is 14.7. The van der Waals surface area contributed by atoms with E-state index in [1.165, 1.54) is 0 Å². The normalized spacial score (nSPS) is 10.8. The van der Waals surface area contributed by atoms with Crippen LogP contribution in [0, 0.1) is 0 Å². The minimum atomic E-state index is -0.680. The average Bonchev–Trinajstić information content (AvgIpc) is 3.05. The number of carbonyl (C=O) groups is 2. The number of rotatable bonds is 12. The zero-order valence-electron chi connectivity index (χ0n) is 14.7. The summed E-state index contributed by atoms with van der Waals surface area (Å²) in [7, 11) is 0. The lowest BCUT2D eigenvalue weighted by atomic mass is 10.1. The Bertz CT molecular complexity index is 537. The molecule has 1 heterocycles. The maximum atomic E-state index is 11.3. The Hall–Kier alpha value is -2.28. The summed E-state index contributed by atoms with van der Waals surface area (Å²) in [6.07, 6.45) is 7.55. The van der Waals surface area contributed by atoms with Crippen molar-refractivity contribution in [3.05, 3.63) is 29.7 Å². The first-order valence-electron chi connectivity index (χ1n) is 8.58. The lowest BCUT2D eigenvalue weighted by Gasteiger charge is -2.04. The van der Waals surface area contributed by atoms with Crippen LogP contribution in [0.15, 0.2) is 22.6 Å². The number of aliphatic hydroxyl groups is 1. The molecule has 0 radical (unpaired) electrons. The maximum absolute atomic E-state index is 11.3. The second-order valence-electron chi connectivity index (χ2n) is 5.35. The number of ether oxygens (including phenoxy) is 2. The average molecular weight is 353 g/mol. The molecule has 0 aliphatic carbocycles. The van der Waals surface area contributed by atoms with Gasteiger partial charge in [0.05, 0.1) is 6.61 Å². The maximum Gasteiger partial charge on any atom is 0.407 e. The molecule has 0 saturated carbocycles. The van der Waals surface area contributed by atoms with Gasteiger partial charge in [-0.25, -0.2) is 4.79 Å². The van der Waals surface area contributed by atoms with Gasteiger partial charge in [-0.2, -0.15) is 0 Å². The monoisotopic (exact) mass is 353 g/mol. The van der Waals surface area contributed by atoms with Crippen LogP contribution >= 0.6 is 0 Å². The largest absolute Gasteiger partial charge is 0.465 e. The van der Waals surface area contributed by atoms with Gasteiger partial charge >= 0.3 is 12.1 Å². The van der Waals surface area contributed by atoms with Crippen molar-refractivity contribution in [2.75, 3.05) is 26.4 Å². The summed E-state index contributed by atoms with van der Waals surface area (Å²) in [6.45, 7) is 2.07. The molecule has 0 bridgehead atoms.